The molecular formula is C17H16OS. The smallest absolute Gasteiger partial charge is 0.126 e. The molecule has 0 N–H and O–H groups in total. The van der Waals surface area contributed by atoms with Crippen LogP contribution in [0.1, 0.15) is 23.6 Å². The summed E-state index contributed by atoms with van der Waals surface area (Å²) in [6, 6.07) is 16.9. The number of thioether (sulfide) groups is 1. The SMILES string of the molecule is CCOc1cccc2c1C=C(c1ccccc1)SC2. The van der Waals surface area contributed by atoms with Crippen LogP contribution in [-0.4, -0.2) is 6.61 Å². The van der Waals surface area contributed by atoms with Gasteiger partial charge in [-0.2, -0.15) is 0 Å². The van der Waals surface area contributed by atoms with Crippen molar-refractivity contribution in [2.24, 2.45) is 0 Å². The number of hydrogen-bond acceptors (Lipinski definition) is 2. The highest BCUT2D eigenvalue weighted by Crippen LogP contribution is 2.41. The average Bonchev–Trinajstić information content (AvgIpc) is 2.48. The number of fused-ring (bicyclic) bond motifs is 1. The Morgan fingerprint density at radius 1 is 1.05 bits per heavy atom. The summed E-state index contributed by atoms with van der Waals surface area (Å²) in [6.45, 7) is 2.73. The standard InChI is InChI=1S/C17H16OS/c1-2-18-16-10-6-9-14-12-19-17(11-15(14)16)13-7-4-3-5-8-13/h3-11H,2,12H2,1H3. The van der Waals surface area contributed by atoms with E-state index in [0.717, 1.165) is 11.5 Å². The quantitative estimate of drug-likeness (QED) is 0.788. The highest BCUT2D eigenvalue weighted by molar-refractivity contribution is 8.07. The van der Waals surface area contributed by atoms with Gasteiger partial charge in [-0.05, 0) is 30.2 Å². The lowest BCUT2D eigenvalue weighted by molar-refractivity contribution is 0.339. The fourth-order valence-electron chi connectivity index (χ4n) is 2.26. The van der Waals surface area contributed by atoms with Crippen LogP contribution in [0.3, 0.4) is 0 Å². The van der Waals surface area contributed by atoms with E-state index in [1.54, 1.807) is 0 Å². The first-order valence-electron chi connectivity index (χ1n) is 6.53. The molecule has 0 atom stereocenters. The lowest BCUT2D eigenvalue weighted by Gasteiger charge is -2.19. The second kappa shape index (κ2) is 5.54. The highest BCUT2D eigenvalue weighted by atomic mass is 32.2. The Balaban J connectivity index is 2.04. The molecular weight excluding hydrogens is 252 g/mol. The van der Waals surface area contributed by atoms with Crippen LogP contribution >= 0.6 is 11.8 Å². The van der Waals surface area contributed by atoms with Crippen LogP contribution in [0.25, 0.3) is 11.0 Å². The Bertz CT molecular complexity index is 602. The van der Waals surface area contributed by atoms with Crippen molar-refractivity contribution in [3.8, 4) is 5.75 Å². The van der Waals surface area contributed by atoms with Gasteiger partial charge in [-0.3, -0.25) is 0 Å². The predicted molar refractivity (Wildman–Crippen MR) is 83.2 cm³/mol. The van der Waals surface area contributed by atoms with Crippen molar-refractivity contribution < 1.29 is 4.74 Å². The molecule has 19 heavy (non-hydrogen) atoms. The lowest BCUT2D eigenvalue weighted by Crippen LogP contribution is -2.00. The Labute approximate surface area is 118 Å². The summed E-state index contributed by atoms with van der Waals surface area (Å²) in [4.78, 5) is 1.32. The summed E-state index contributed by atoms with van der Waals surface area (Å²) in [6.07, 6.45) is 2.25. The molecule has 0 aromatic heterocycles. The molecule has 0 bridgehead atoms. The molecule has 2 aromatic carbocycles. The first-order valence-corrected chi connectivity index (χ1v) is 7.51. The molecule has 0 radical (unpaired) electrons. The van der Waals surface area contributed by atoms with Gasteiger partial charge in [0.15, 0.2) is 0 Å². The molecule has 2 heteroatoms. The maximum Gasteiger partial charge on any atom is 0.126 e. The molecule has 0 spiro atoms. The third-order valence-electron chi connectivity index (χ3n) is 3.17. The van der Waals surface area contributed by atoms with Gasteiger partial charge in [0, 0.05) is 16.2 Å². The summed E-state index contributed by atoms with van der Waals surface area (Å²) < 4.78 is 5.73. The topological polar surface area (TPSA) is 9.23 Å². The highest BCUT2D eigenvalue weighted by Gasteiger charge is 2.15. The van der Waals surface area contributed by atoms with Crippen molar-refractivity contribution >= 4 is 22.7 Å². The molecule has 1 aliphatic rings. The van der Waals surface area contributed by atoms with Crippen molar-refractivity contribution in [3.05, 3.63) is 65.2 Å². The third kappa shape index (κ3) is 2.54. The van der Waals surface area contributed by atoms with E-state index in [1.165, 1.54) is 21.6 Å². The largest absolute Gasteiger partial charge is 0.493 e. The Morgan fingerprint density at radius 3 is 2.68 bits per heavy atom. The van der Waals surface area contributed by atoms with Gasteiger partial charge < -0.3 is 4.74 Å². The Morgan fingerprint density at radius 2 is 1.89 bits per heavy atom. The van der Waals surface area contributed by atoms with Crippen LogP contribution < -0.4 is 4.74 Å². The summed E-state index contributed by atoms with van der Waals surface area (Å²) in [5.41, 5.74) is 3.88. The lowest BCUT2D eigenvalue weighted by atomic mass is 10.0. The Kier molecular flexibility index (Phi) is 3.60. The van der Waals surface area contributed by atoms with E-state index in [0.29, 0.717) is 6.61 Å². The van der Waals surface area contributed by atoms with Gasteiger partial charge in [0.25, 0.3) is 0 Å². The monoisotopic (exact) mass is 268 g/mol. The molecule has 0 fully saturated rings. The zero-order chi connectivity index (χ0) is 13.1. The maximum absolute atomic E-state index is 5.73. The van der Waals surface area contributed by atoms with Crippen LogP contribution in [0.15, 0.2) is 48.5 Å². The zero-order valence-corrected chi connectivity index (χ0v) is 11.7. The minimum absolute atomic E-state index is 0.706. The van der Waals surface area contributed by atoms with E-state index in [1.807, 2.05) is 18.7 Å². The first kappa shape index (κ1) is 12.4. The molecule has 1 heterocycles. The third-order valence-corrected chi connectivity index (χ3v) is 4.29. The fraction of sp³-hybridized carbons (Fsp3) is 0.176. The number of rotatable bonds is 3. The van der Waals surface area contributed by atoms with E-state index in [-0.39, 0.29) is 0 Å². The predicted octanol–water partition coefficient (Wildman–Crippen LogP) is 4.83. The first-order chi connectivity index (χ1) is 9.38. The minimum atomic E-state index is 0.706. The molecule has 0 saturated heterocycles. The van der Waals surface area contributed by atoms with Crippen LogP contribution in [0, 0.1) is 0 Å². The molecule has 0 unspecified atom stereocenters. The van der Waals surface area contributed by atoms with Crippen molar-refractivity contribution in [2.75, 3.05) is 6.61 Å². The molecule has 0 saturated carbocycles. The molecule has 1 aliphatic heterocycles. The van der Waals surface area contributed by atoms with Gasteiger partial charge in [-0.1, -0.05) is 42.5 Å². The van der Waals surface area contributed by atoms with Crippen LogP contribution in [-0.2, 0) is 5.75 Å². The van der Waals surface area contributed by atoms with Gasteiger partial charge in [-0.25, -0.2) is 0 Å². The van der Waals surface area contributed by atoms with Crippen LogP contribution in [0.2, 0.25) is 0 Å². The summed E-state index contributed by atoms with van der Waals surface area (Å²) in [5.74, 6) is 2.01. The molecule has 2 aromatic rings. The van der Waals surface area contributed by atoms with E-state index in [2.05, 4.69) is 54.6 Å². The van der Waals surface area contributed by atoms with Gasteiger partial charge in [-0.15, -0.1) is 11.8 Å². The second-order valence-corrected chi connectivity index (χ2v) is 5.44. The van der Waals surface area contributed by atoms with Crippen molar-refractivity contribution in [3.63, 3.8) is 0 Å². The second-order valence-electron chi connectivity index (χ2n) is 4.43. The summed E-state index contributed by atoms with van der Waals surface area (Å²) >= 11 is 1.89. The van der Waals surface area contributed by atoms with Crippen molar-refractivity contribution in [1.82, 2.24) is 0 Å². The normalized spacial score (nSPS) is 13.6. The molecule has 3 rings (SSSR count). The maximum atomic E-state index is 5.73. The van der Waals surface area contributed by atoms with E-state index in [9.17, 15) is 0 Å². The van der Waals surface area contributed by atoms with Crippen LogP contribution in [0.4, 0.5) is 0 Å². The molecule has 1 nitrogen and oxygen atoms in total. The van der Waals surface area contributed by atoms with Gasteiger partial charge >= 0.3 is 0 Å². The zero-order valence-electron chi connectivity index (χ0n) is 10.9. The van der Waals surface area contributed by atoms with Gasteiger partial charge in [0.2, 0.25) is 0 Å². The number of hydrogen-bond donors (Lipinski definition) is 0. The van der Waals surface area contributed by atoms with Crippen LogP contribution in [0.5, 0.6) is 5.75 Å². The molecule has 96 valence electrons. The van der Waals surface area contributed by atoms with Crippen molar-refractivity contribution in [2.45, 2.75) is 12.7 Å². The number of ether oxygens (including phenoxy) is 1. The van der Waals surface area contributed by atoms with E-state index >= 15 is 0 Å². The number of benzene rings is 2. The van der Waals surface area contributed by atoms with Gasteiger partial charge in [0.05, 0.1) is 6.61 Å². The summed E-state index contributed by atoms with van der Waals surface area (Å²) in [7, 11) is 0. The summed E-state index contributed by atoms with van der Waals surface area (Å²) in [5, 5.41) is 0. The van der Waals surface area contributed by atoms with Gasteiger partial charge in [0.1, 0.15) is 5.75 Å². The average molecular weight is 268 g/mol. The Hall–Kier alpha value is -1.67. The van der Waals surface area contributed by atoms with Crippen molar-refractivity contribution in [1.29, 1.82) is 0 Å². The fourth-order valence-corrected chi connectivity index (χ4v) is 3.32. The van der Waals surface area contributed by atoms with E-state index in [4.69, 9.17) is 4.74 Å². The molecule has 0 amide bonds. The molecule has 0 aliphatic carbocycles. The minimum Gasteiger partial charge on any atom is -0.493 e. The van der Waals surface area contributed by atoms with E-state index < -0.39 is 0 Å².